The third-order valence-corrected chi connectivity index (χ3v) is 3.71. The largest absolute Gasteiger partial charge is 0.322 e. The summed E-state index contributed by atoms with van der Waals surface area (Å²) in [6, 6.07) is 1.72. The maximum atomic E-state index is 12.3. The molecule has 0 saturated heterocycles. The number of hydrogen-bond acceptors (Lipinski definition) is 4. The third kappa shape index (κ3) is 3.73. The van der Waals surface area contributed by atoms with E-state index in [1.165, 1.54) is 0 Å². The lowest BCUT2D eigenvalue weighted by atomic mass is 10.2. The van der Waals surface area contributed by atoms with Crippen LogP contribution in [0, 0.1) is 13.8 Å². The molecule has 120 valence electrons. The summed E-state index contributed by atoms with van der Waals surface area (Å²) >= 11 is 0. The first kappa shape index (κ1) is 16.2. The molecule has 2 rings (SSSR count). The molecule has 22 heavy (non-hydrogen) atoms. The molecule has 1 amide bonds. The average Bonchev–Trinajstić information content (AvgIpc) is 3.02. The van der Waals surface area contributed by atoms with Crippen molar-refractivity contribution in [2.24, 2.45) is 7.05 Å². The second-order valence-corrected chi connectivity index (χ2v) is 5.68. The Morgan fingerprint density at radius 1 is 1.36 bits per heavy atom. The van der Waals surface area contributed by atoms with Gasteiger partial charge >= 0.3 is 0 Å². The number of carbonyl (C=O) groups excluding carboxylic acids is 1. The number of nitrogens with one attached hydrogen (secondary N) is 2. The smallest absolute Gasteiger partial charge is 0.241 e. The minimum Gasteiger partial charge on any atom is -0.322 e. The molecular formula is C15H24N6O. The molecule has 0 saturated carbocycles. The van der Waals surface area contributed by atoms with Crippen molar-refractivity contribution in [1.29, 1.82) is 0 Å². The lowest BCUT2D eigenvalue weighted by Gasteiger charge is -2.19. The van der Waals surface area contributed by atoms with Crippen LogP contribution >= 0.6 is 0 Å². The minimum atomic E-state index is -0.301. The number of hydrogen-bond donors (Lipinski definition) is 2. The van der Waals surface area contributed by atoms with Crippen LogP contribution in [-0.2, 0) is 18.4 Å². The number of amides is 1. The topological polar surface area (TPSA) is 76.8 Å². The molecule has 2 aromatic rings. The molecule has 0 bridgehead atoms. The van der Waals surface area contributed by atoms with Gasteiger partial charge in [-0.15, -0.1) is 0 Å². The zero-order valence-corrected chi connectivity index (χ0v) is 13.8. The molecule has 0 aliphatic carbocycles. The fourth-order valence-corrected chi connectivity index (χ4v) is 2.43. The number of anilines is 1. The predicted octanol–water partition coefficient (Wildman–Crippen LogP) is 1.24. The van der Waals surface area contributed by atoms with E-state index in [1.807, 2.05) is 51.7 Å². The van der Waals surface area contributed by atoms with Crippen LogP contribution < -0.4 is 10.6 Å². The predicted molar refractivity (Wildman–Crippen MR) is 85.6 cm³/mol. The molecule has 2 aromatic heterocycles. The molecule has 7 nitrogen and oxygen atoms in total. The highest BCUT2D eigenvalue weighted by Gasteiger charge is 2.19. The van der Waals surface area contributed by atoms with Gasteiger partial charge in [-0.25, -0.2) is 0 Å². The van der Waals surface area contributed by atoms with Crippen molar-refractivity contribution in [3.63, 3.8) is 0 Å². The SMILES string of the molecule is Cc1nn(C)c(C)c1NC(=O)[C@H](C)N[C@@H](C)Cn1cccn1. The minimum absolute atomic E-state index is 0.0634. The van der Waals surface area contributed by atoms with Crippen LogP contribution in [0.1, 0.15) is 25.2 Å². The van der Waals surface area contributed by atoms with Crippen molar-refractivity contribution in [3.05, 3.63) is 29.8 Å². The lowest BCUT2D eigenvalue weighted by Crippen LogP contribution is -2.44. The quantitative estimate of drug-likeness (QED) is 0.842. The second kappa shape index (κ2) is 6.74. The summed E-state index contributed by atoms with van der Waals surface area (Å²) < 4.78 is 3.61. The van der Waals surface area contributed by atoms with Crippen LogP contribution in [0.2, 0.25) is 0 Å². The van der Waals surface area contributed by atoms with Gasteiger partial charge in [-0.05, 0) is 33.8 Å². The third-order valence-electron chi connectivity index (χ3n) is 3.71. The molecular weight excluding hydrogens is 280 g/mol. The zero-order chi connectivity index (χ0) is 16.3. The van der Waals surface area contributed by atoms with Gasteiger partial charge in [0.15, 0.2) is 0 Å². The van der Waals surface area contributed by atoms with E-state index in [-0.39, 0.29) is 18.0 Å². The van der Waals surface area contributed by atoms with Crippen molar-refractivity contribution < 1.29 is 4.79 Å². The Morgan fingerprint density at radius 2 is 2.09 bits per heavy atom. The molecule has 0 aliphatic heterocycles. The second-order valence-electron chi connectivity index (χ2n) is 5.68. The van der Waals surface area contributed by atoms with Gasteiger partial charge < -0.3 is 10.6 Å². The Balaban J connectivity index is 1.91. The summed E-state index contributed by atoms with van der Waals surface area (Å²) in [6.45, 7) is 8.44. The Labute approximate surface area is 130 Å². The van der Waals surface area contributed by atoms with Gasteiger partial charge in [-0.1, -0.05) is 0 Å². The Hall–Kier alpha value is -2.15. The van der Waals surface area contributed by atoms with Crippen LogP contribution in [-0.4, -0.2) is 37.6 Å². The maximum absolute atomic E-state index is 12.3. The molecule has 0 aromatic carbocycles. The molecule has 0 spiro atoms. The Morgan fingerprint density at radius 3 is 2.64 bits per heavy atom. The van der Waals surface area contributed by atoms with E-state index in [2.05, 4.69) is 20.8 Å². The van der Waals surface area contributed by atoms with Crippen LogP contribution in [0.5, 0.6) is 0 Å². The van der Waals surface area contributed by atoms with E-state index in [1.54, 1.807) is 10.9 Å². The normalized spacial score (nSPS) is 13.9. The van der Waals surface area contributed by atoms with Crippen LogP contribution in [0.15, 0.2) is 18.5 Å². The summed E-state index contributed by atoms with van der Waals surface area (Å²) in [5, 5.41) is 14.7. The molecule has 2 atom stereocenters. The Bertz CT molecular complexity index is 631. The van der Waals surface area contributed by atoms with Gasteiger partial charge in [-0.3, -0.25) is 14.2 Å². The van der Waals surface area contributed by atoms with Gasteiger partial charge in [0.1, 0.15) is 0 Å². The van der Waals surface area contributed by atoms with E-state index < -0.39 is 0 Å². The molecule has 0 radical (unpaired) electrons. The van der Waals surface area contributed by atoms with Crippen molar-refractivity contribution in [3.8, 4) is 0 Å². The van der Waals surface area contributed by atoms with Gasteiger partial charge in [0.05, 0.1) is 29.7 Å². The summed E-state index contributed by atoms with van der Waals surface area (Å²) in [4.78, 5) is 12.3. The molecule has 0 fully saturated rings. The molecule has 0 unspecified atom stereocenters. The van der Waals surface area contributed by atoms with Gasteiger partial charge in [0.25, 0.3) is 0 Å². The number of carbonyl (C=O) groups is 1. The highest BCUT2D eigenvalue weighted by molar-refractivity contribution is 5.95. The summed E-state index contributed by atoms with van der Waals surface area (Å²) in [6.07, 6.45) is 3.65. The van der Waals surface area contributed by atoms with Crippen LogP contribution in [0.4, 0.5) is 5.69 Å². The van der Waals surface area contributed by atoms with Gasteiger partial charge in [-0.2, -0.15) is 10.2 Å². The lowest BCUT2D eigenvalue weighted by molar-refractivity contribution is -0.118. The first-order valence-corrected chi connectivity index (χ1v) is 7.43. The zero-order valence-electron chi connectivity index (χ0n) is 13.8. The van der Waals surface area contributed by atoms with Crippen LogP contribution in [0.25, 0.3) is 0 Å². The fourth-order valence-electron chi connectivity index (χ4n) is 2.43. The van der Waals surface area contributed by atoms with Crippen molar-refractivity contribution in [1.82, 2.24) is 24.9 Å². The highest BCUT2D eigenvalue weighted by atomic mass is 16.2. The van der Waals surface area contributed by atoms with Crippen molar-refractivity contribution in [2.45, 2.75) is 46.3 Å². The standard InChI is InChI=1S/C15H24N6O/c1-10(9-21-8-6-7-16-21)17-12(3)15(22)18-14-11(2)19-20(5)13(14)4/h6-8,10,12,17H,9H2,1-5H3,(H,18,22)/t10-,12-/m0/s1. The van der Waals surface area contributed by atoms with E-state index in [0.29, 0.717) is 0 Å². The van der Waals surface area contributed by atoms with Crippen molar-refractivity contribution in [2.75, 3.05) is 5.32 Å². The molecule has 7 heteroatoms. The van der Waals surface area contributed by atoms with Crippen LogP contribution in [0.3, 0.4) is 0 Å². The first-order chi connectivity index (χ1) is 10.4. The molecule has 0 aliphatic rings. The number of aryl methyl sites for hydroxylation is 2. The van der Waals surface area contributed by atoms with Crippen molar-refractivity contribution >= 4 is 11.6 Å². The summed E-state index contributed by atoms with van der Waals surface area (Å²) in [5.74, 6) is -0.0634. The number of nitrogens with zero attached hydrogens (tertiary/aromatic N) is 4. The monoisotopic (exact) mass is 304 g/mol. The van der Waals surface area contributed by atoms with Gasteiger partial charge in [0, 0.05) is 25.5 Å². The van der Waals surface area contributed by atoms with E-state index >= 15 is 0 Å². The average molecular weight is 304 g/mol. The molecule has 2 heterocycles. The summed E-state index contributed by atoms with van der Waals surface area (Å²) in [5.41, 5.74) is 2.56. The van der Waals surface area contributed by atoms with E-state index in [4.69, 9.17) is 0 Å². The highest BCUT2D eigenvalue weighted by Crippen LogP contribution is 2.18. The number of rotatable bonds is 6. The number of aromatic nitrogens is 4. The molecule has 2 N–H and O–H groups in total. The van der Waals surface area contributed by atoms with E-state index in [9.17, 15) is 4.79 Å². The fraction of sp³-hybridized carbons (Fsp3) is 0.533. The first-order valence-electron chi connectivity index (χ1n) is 7.43. The maximum Gasteiger partial charge on any atom is 0.241 e. The van der Waals surface area contributed by atoms with E-state index in [0.717, 1.165) is 23.6 Å². The Kier molecular flexibility index (Phi) is 4.97. The van der Waals surface area contributed by atoms with Gasteiger partial charge in [0.2, 0.25) is 5.91 Å². The summed E-state index contributed by atoms with van der Waals surface area (Å²) in [7, 11) is 1.87.